The number of fused-ring (bicyclic) bond motifs is 2. The highest BCUT2D eigenvalue weighted by Crippen LogP contribution is 2.57. The van der Waals surface area contributed by atoms with Gasteiger partial charge in [-0.3, -0.25) is 0 Å². The van der Waals surface area contributed by atoms with E-state index in [4.69, 9.17) is 0 Å². The van der Waals surface area contributed by atoms with Crippen molar-refractivity contribution < 1.29 is 8.42 Å². The minimum atomic E-state index is -3.62. The zero-order valence-electron chi connectivity index (χ0n) is 12.5. The van der Waals surface area contributed by atoms with E-state index in [2.05, 4.69) is 15.2 Å². The van der Waals surface area contributed by atoms with E-state index in [1.807, 2.05) is 37.1 Å². The zero-order chi connectivity index (χ0) is 15.1. The van der Waals surface area contributed by atoms with E-state index in [1.54, 1.807) is 0 Å². The smallest absolute Gasteiger partial charge is 0.321 e. The maximum absolute atomic E-state index is 12.1. The van der Waals surface area contributed by atoms with E-state index >= 15 is 0 Å². The van der Waals surface area contributed by atoms with Crippen LogP contribution < -0.4 is 9.62 Å². The van der Waals surface area contributed by atoms with Crippen LogP contribution in [-0.2, 0) is 15.6 Å². The standard InChI is InChI=1S/C15H21N3O2S/c1-3-4-11-16-21(19,20)17-14-15(9-10-15)12-7-5-6-8-13(12)18(14)2/h5-8,16H,3-4,9-11H2,1-2H3. The third kappa shape index (κ3) is 2.46. The lowest BCUT2D eigenvalue weighted by Crippen LogP contribution is -2.33. The Labute approximate surface area is 126 Å². The van der Waals surface area contributed by atoms with Crippen molar-refractivity contribution in [2.24, 2.45) is 4.40 Å². The largest absolute Gasteiger partial charge is 0.331 e. The number of para-hydroxylation sites is 1. The molecule has 1 aliphatic heterocycles. The first kappa shape index (κ1) is 14.5. The predicted octanol–water partition coefficient (Wildman–Crippen LogP) is 2.20. The predicted molar refractivity (Wildman–Crippen MR) is 85.0 cm³/mol. The highest BCUT2D eigenvalue weighted by Gasteiger charge is 2.56. The molecule has 1 heterocycles. The van der Waals surface area contributed by atoms with Crippen LogP contribution in [0.1, 0.15) is 38.2 Å². The number of hydrogen-bond acceptors (Lipinski definition) is 2. The second-order valence-corrected chi connectivity index (χ2v) is 7.22. The molecular formula is C15H21N3O2S. The first-order valence-corrected chi connectivity index (χ1v) is 8.87. The van der Waals surface area contributed by atoms with Gasteiger partial charge in [0, 0.05) is 19.3 Å². The summed E-state index contributed by atoms with van der Waals surface area (Å²) < 4.78 is 30.9. The van der Waals surface area contributed by atoms with Gasteiger partial charge in [0.25, 0.3) is 0 Å². The highest BCUT2D eigenvalue weighted by molar-refractivity contribution is 7.88. The molecular weight excluding hydrogens is 286 g/mol. The third-order valence-electron chi connectivity index (χ3n) is 4.30. The fourth-order valence-electron chi connectivity index (χ4n) is 3.02. The van der Waals surface area contributed by atoms with Crippen LogP contribution in [0.4, 0.5) is 5.69 Å². The number of benzene rings is 1. The molecule has 1 saturated carbocycles. The van der Waals surface area contributed by atoms with Gasteiger partial charge in [-0.1, -0.05) is 31.5 Å². The molecule has 1 spiro atoms. The lowest BCUT2D eigenvalue weighted by atomic mass is 9.98. The second-order valence-electron chi connectivity index (χ2n) is 5.80. The molecule has 21 heavy (non-hydrogen) atoms. The van der Waals surface area contributed by atoms with Gasteiger partial charge in [0.1, 0.15) is 5.84 Å². The minimum Gasteiger partial charge on any atom is -0.331 e. The number of nitrogens with zero attached hydrogens (tertiary/aromatic N) is 2. The summed E-state index contributed by atoms with van der Waals surface area (Å²) in [6.07, 6.45) is 3.72. The maximum atomic E-state index is 12.1. The molecule has 114 valence electrons. The lowest BCUT2D eigenvalue weighted by Gasteiger charge is -2.16. The van der Waals surface area contributed by atoms with Gasteiger partial charge in [-0.15, -0.1) is 4.40 Å². The Hall–Kier alpha value is -1.40. The molecule has 1 aliphatic carbocycles. The Kier molecular flexibility index (Phi) is 3.53. The Bertz CT molecular complexity index is 678. The molecule has 1 aromatic rings. The number of hydrogen-bond donors (Lipinski definition) is 1. The van der Waals surface area contributed by atoms with Gasteiger partial charge < -0.3 is 4.90 Å². The van der Waals surface area contributed by atoms with Crippen molar-refractivity contribution in [3.63, 3.8) is 0 Å². The average molecular weight is 307 g/mol. The monoisotopic (exact) mass is 307 g/mol. The third-order valence-corrected chi connectivity index (χ3v) is 5.28. The minimum absolute atomic E-state index is 0.176. The molecule has 0 amide bonds. The topological polar surface area (TPSA) is 61.8 Å². The van der Waals surface area contributed by atoms with Crippen LogP contribution in [0.25, 0.3) is 0 Å². The van der Waals surface area contributed by atoms with Gasteiger partial charge >= 0.3 is 10.2 Å². The zero-order valence-corrected chi connectivity index (χ0v) is 13.3. The fraction of sp³-hybridized carbons (Fsp3) is 0.533. The van der Waals surface area contributed by atoms with Crippen LogP contribution in [0.2, 0.25) is 0 Å². The molecule has 0 radical (unpaired) electrons. The number of likely N-dealkylation sites (N-methyl/N-ethyl adjacent to an activating group) is 1. The Balaban J connectivity index is 1.92. The number of anilines is 1. The molecule has 5 nitrogen and oxygen atoms in total. The van der Waals surface area contributed by atoms with Gasteiger partial charge in [0.15, 0.2) is 0 Å². The number of nitrogens with one attached hydrogen (secondary N) is 1. The molecule has 3 rings (SSSR count). The average Bonchev–Trinajstić information content (AvgIpc) is 3.22. The van der Waals surface area contributed by atoms with Crippen molar-refractivity contribution in [3.8, 4) is 0 Å². The summed E-state index contributed by atoms with van der Waals surface area (Å²) in [4.78, 5) is 1.92. The first-order valence-electron chi connectivity index (χ1n) is 7.43. The summed E-state index contributed by atoms with van der Waals surface area (Å²) in [5.41, 5.74) is 2.10. The van der Waals surface area contributed by atoms with Gasteiger partial charge in [-0.2, -0.15) is 13.1 Å². The molecule has 0 saturated heterocycles. The van der Waals surface area contributed by atoms with Crippen molar-refractivity contribution in [1.82, 2.24) is 4.72 Å². The van der Waals surface area contributed by atoms with Crippen molar-refractivity contribution in [2.75, 3.05) is 18.5 Å². The number of amidine groups is 1. The summed E-state index contributed by atoms with van der Waals surface area (Å²) in [5.74, 6) is 0.660. The molecule has 1 N–H and O–H groups in total. The van der Waals surface area contributed by atoms with Gasteiger partial charge in [0.05, 0.1) is 5.41 Å². The number of rotatable bonds is 5. The van der Waals surface area contributed by atoms with Crippen LogP contribution >= 0.6 is 0 Å². The van der Waals surface area contributed by atoms with E-state index in [9.17, 15) is 8.42 Å². The molecule has 2 aliphatic rings. The Morgan fingerprint density at radius 1 is 1.33 bits per heavy atom. The summed E-state index contributed by atoms with van der Waals surface area (Å²) in [7, 11) is -1.73. The van der Waals surface area contributed by atoms with Crippen LogP contribution in [0.5, 0.6) is 0 Å². The summed E-state index contributed by atoms with van der Waals surface area (Å²) in [5, 5.41) is 0. The van der Waals surface area contributed by atoms with Gasteiger partial charge in [0.2, 0.25) is 0 Å². The second kappa shape index (κ2) is 5.10. The van der Waals surface area contributed by atoms with Crippen LogP contribution in [0, 0.1) is 0 Å². The number of unbranched alkanes of at least 4 members (excludes halogenated alkanes) is 1. The summed E-state index contributed by atoms with van der Waals surface area (Å²) in [6, 6.07) is 8.08. The van der Waals surface area contributed by atoms with Crippen LogP contribution in [0.15, 0.2) is 28.7 Å². The molecule has 0 atom stereocenters. The molecule has 0 unspecified atom stereocenters. The SMILES string of the molecule is CCCCNS(=O)(=O)N=C1N(C)c2ccccc2C12CC2. The normalized spacial score (nSPS) is 21.0. The van der Waals surface area contributed by atoms with E-state index in [0.29, 0.717) is 12.4 Å². The van der Waals surface area contributed by atoms with Gasteiger partial charge in [-0.25, -0.2) is 0 Å². The Morgan fingerprint density at radius 2 is 2.05 bits per heavy atom. The molecule has 0 bridgehead atoms. The van der Waals surface area contributed by atoms with E-state index in [1.165, 1.54) is 5.56 Å². The van der Waals surface area contributed by atoms with E-state index < -0.39 is 10.2 Å². The molecule has 1 aromatic carbocycles. The Morgan fingerprint density at radius 3 is 2.71 bits per heavy atom. The first-order chi connectivity index (χ1) is 10.0. The van der Waals surface area contributed by atoms with Crippen molar-refractivity contribution in [1.29, 1.82) is 0 Å². The molecule has 0 aromatic heterocycles. The molecule has 6 heteroatoms. The highest BCUT2D eigenvalue weighted by atomic mass is 32.2. The van der Waals surface area contributed by atoms with E-state index in [0.717, 1.165) is 31.4 Å². The summed E-state index contributed by atoms with van der Waals surface area (Å²) in [6.45, 7) is 2.47. The lowest BCUT2D eigenvalue weighted by molar-refractivity contribution is 0.580. The van der Waals surface area contributed by atoms with Crippen molar-refractivity contribution in [2.45, 2.75) is 38.0 Å². The maximum Gasteiger partial charge on any atom is 0.321 e. The van der Waals surface area contributed by atoms with Crippen molar-refractivity contribution >= 4 is 21.7 Å². The quantitative estimate of drug-likeness (QED) is 0.848. The van der Waals surface area contributed by atoms with Crippen LogP contribution in [0.3, 0.4) is 0 Å². The summed E-state index contributed by atoms with van der Waals surface area (Å²) >= 11 is 0. The fourth-order valence-corrected chi connectivity index (χ4v) is 4.01. The van der Waals surface area contributed by atoms with Crippen molar-refractivity contribution in [3.05, 3.63) is 29.8 Å². The van der Waals surface area contributed by atoms with Crippen LogP contribution in [-0.4, -0.2) is 27.8 Å². The van der Waals surface area contributed by atoms with E-state index in [-0.39, 0.29) is 5.41 Å². The van der Waals surface area contributed by atoms with Gasteiger partial charge in [-0.05, 0) is 30.9 Å². The molecule has 1 fully saturated rings.